The number of carboxylic acids is 1. The molecule has 1 unspecified atom stereocenters. The molecule has 1 aliphatic rings. The number of carboxylic acid groups (broad SMARTS) is 1. The zero-order valence-corrected chi connectivity index (χ0v) is 19.2. The predicted molar refractivity (Wildman–Crippen MR) is 122 cm³/mol. The minimum absolute atomic E-state index is 0.110. The van der Waals surface area contributed by atoms with Crippen LogP contribution in [0.4, 0.5) is 5.95 Å². The van der Waals surface area contributed by atoms with Crippen LogP contribution < -0.4 is 10.1 Å². The van der Waals surface area contributed by atoms with Crippen molar-refractivity contribution in [3.63, 3.8) is 0 Å². The third-order valence-electron chi connectivity index (χ3n) is 5.98. The van der Waals surface area contributed by atoms with Gasteiger partial charge < -0.3 is 15.2 Å². The summed E-state index contributed by atoms with van der Waals surface area (Å²) in [5, 5.41) is 21.0. The van der Waals surface area contributed by atoms with E-state index in [-0.39, 0.29) is 12.0 Å². The first-order valence-electron chi connectivity index (χ1n) is 11.3. The van der Waals surface area contributed by atoms with Crippen LogP contribution in [0.25, 0.3) is 11.4 Å². The summed E-state index contributed by atoms with van der Waals surface area (Å²) in [6.45, 7) is 4.38. The van der Waals surface area contributed by atoms with Gasteiger partial charge in [0, 0.05) is 18.9 Å². The summed E-state index contributed by atoms with van der Waals surface area (Å²) in [6, 6.07) is 5.64. The Bertz CT molecular complexity index is 1130. The second-order valence-corrected chi connectivity index (χ2v) is 8.31. The van der Waals surface area contributed by atoms with Gasteiger partial charge in [0.25, 0.3) is 0 Å². The van der Waals surface area contributed by atoms with Gasteiger partial charge in [-0.25, -0.2) is 19.6 Å². The zero-order chi connectivity index (χ0) is 23.4. The molecule has 3 aromatic rings. The summed E-state index contributed by atoms with van der Waals surface area (Å²) in [7, 11) is 1.84. The minimum atomic E-state index is -0.746. The lowest BCUT2D eigenvalue weighted by Crippen LogP contribution is -2.29. The molecule has 3 aromatic heterocycles. The van der Waals surface area contributed by atoms with Crippen LogP contribution in [0.2, 0.25) is 0 Å². The van der Waals surface area contributed by atoms with E-state index >= 15 is 0 Å². The van der Waals surface area contributed by atoms with Gasteiger partial charge in [0.1, 0.15) is 11.4 Å². The molecular formula is C23H29N7O3. The first kappa shape index (κ1) is 22.6. The Morgan fingerprint density at radius 3 is 2.88 bits per heavy atom. The molecule has 2 N–H and O–H groups in total. The Balaban J connectivity index is 1.48. The molecule has 0 saturated heterocycles. The lowest BCUT2D eigenvalue weighted by atomic mass is 9.87. The fourth-order valence-electron chi connectivity index (χ4n) is 4.08. The molecule has 0 radical (unpaired) electrons. The Morgan fingerprint density at radius 1 is 1.27 bits per heavy atom. The van der Waals surface area contributed by atoms with Crippen molar-refractivity contribution in [3.8, 4) is 17.1 Å². The molecule has 0 spiro atoms. The van der Waals surface area contributed by atoms with Crippen molar-refractivity contribution >= 4 is 11.9 Å². The van der Waals surface area contributed by atoms with E-state index in [0.717, 1.165) is 36.3 Å². The highest BCUT2D eigenvalue weighted by atomic mass is 16.5. The van der Waals surface area contributed by atoms with E-state index in [1.807, 2.05) is 32.2 Å². The van der Waals surface area contributed by atoms with Crippen LogP contribution in [0.1, 0.15) is 49.7 Å². The van der Waals surface area contributed by atoms with Gasteiger partial charge in [0.05, 0.1) is 35.6 Å². The van der Waals surface area contributed by atoms with Crippen molar-refractivity contribution in [2.75, 3.05) is 5.32 Å². The molecule has 4 rings (SSSR count). The number of anilines is 1. The fourth-order valence-corrected chi connectivity index (χ4v) is 4.08. The Morgan fingerprint density at radius 2 is 2.12 bits per heavy atom. The molecule has 33 heavy (non-hydrogen) atoms. The van der Waals surface area contributed by atoms with E-state index in [2.05, 4.69) is 32.5 Å². The third kappa shape index (κ3) is 5.27. The van der Waals surface area contributed by atoms with E-state index in [1.54, 1.807) is 10.9 Å². The average Bonchev–Trinajstić information content (AvgIpc) is 3.19. The number of nitrogens with one attached hydrogen (secondary N) is 1. The van der Waals surface area contributed by atoms with E-state index in [0.29, 0.717) is 42.5 Å². The van der Waals surface area contributed by atoms with Crippen molar-refractivity contribution in [1.29, 1.82) is 0 Å². The van der Waals surface area contributed by atoms with E-state index in [4.69, 9.17) is 9.72 Å². The summed E-state index contributed by atoms with van der Waals surface area (Å²) in [4.78, 5) is 24.8. The minimum Gasteiger partial charge on any atom is -0.489 e. The quantitative estimate of drug-likeness (QED) is 0.530. The molecule has 0 bridgehead atoms. The molecular weight excluding hydrogens is 422 g/mol. The van der Waals surface area contributed by atoms with Gasteiger partial charge in [0.2, 0.25) is 5.95 Å². The van der Waals surface area contributed by atoms with Crippen LogP contribution in [0.5, 0.6) is 5.75 Å². The smallest absolute Gasteiger partial charge is 0.306 e. The third-order valence-corrected chi connectivity index (χ3v) is 5.98. The van der Waals surface area contributed by atoms with Crippen LogP contribution in [0.15, 0.2) is 24.4 Å². The van der Waals surface area contributed by atoms with Crippen LogP contribution in [-0.2, 0) is 24.8 Å². The second-order valence-electron chi connectivity index (χ2n) is 8.31. The summed E-state index contributed by atoms with van der Waals surface area (Å²) in [5.74, 6) is 0.140. The maximum absolute atomic E-state index is 11.3. The highest BCUT2D eigenvalue weighted by Crippen LogP contribution is 2.30. The van der Waals surface area contributed by atoms with Gasteiger partial charge in [0.15, 0.2) is 0 Å². The molecule has 1 fully saturated rings. The molecule has 0 aliphatic heterocycles. The van der Waals surface area contributed by atoms with Crippen molar-refractivity contribution in [2.24, 2.45) is 13.0 Å². The first-order chi connectivity index (χ1) is 15.9. The van der Waals surface area contributed by atoms with Crippen molar-refractivity contribution in [3.05, 3.63) is 41.5 Å². The molecule has 0 amide bonds. The van der Waals surface area contributed by atoms with Crippen LogP contribution in [-0.4, -0.2) is 47.1 Å². The number of rotatable bonds is 8. The summed E-state index contributed by atoms with van der Waals surface area (Å²) < 4.78 is 7.83. The molecule has 3 heterocycles. The molecule has 10 nitrogen and oxygen atoms in total. The zero-order valence-electron chi connectivity index (χ0n) is 19.2. The Kier molecular flexibility index (Phi) is 6.81. The van der Waals surface area contributed by atoms with Gasteiger partial charge in [-0.3, -0.25) is 4.79 Å². The molecule has 1 aliphatic carbocycles. The predicted octanol–water partition coefficient (Wildman–Crippen LogP) is 3.17. The summed E-state index contributed by atoms with van der Waals surface area (Å²) >= 11 is 0. The van der Waals surface area contributed by atoms with E-state index in [1.165, 1.54) is 0 Å². The van der Waals surface area contributed by atoms with Gasteiger partial charge in [-0.2, -0.15) is 0 Å². The van der Waals surface area contributed by atoms with Crippen LogP contribution >= 0.6 is 0 Å². The average molecular weight is 452 g/mol. The van der Waals surface area contributed by atoms with Gasteiger partial charge in [-0.1, -0.05) is 12.1 Å². The number of hydrogen-bond donors (Lipinski definition) is 2. The van der Waals surface area contributed by atoms with Gasteiger partial charge >= 0.3 is 5.97 Å². The fraction of sp³-hybridized carbons (Fsp3) is 0.478. The van der Waals surface area contributed by atoms with Crippen LogP contribution in [0.3, 0.4) is 0 Å². The number of hydrogen-bond acceptors (Lipinski definition) is 8. The molecule has 1 saturated carbocycles. The topological polar surface area (TPSA) is 128 Å². The number of pyridine rings is 1. The standard InChI is InChI=1S/C23H29N7O3/c1-4-16-10-11-24-23(27-16)25-13-19-21(28-29-30(19)3)18-8-9-20(14(2)26-18)33-17-7-5-6-15(12-17)22(31)32/h8-11,15,17H,4-7,12-13H2,1-3H3,(H,31,32)(H,24,25,27)/t15?,17-/m0/s1. The maximum atomic E-state index is 11.3. The van der Waals surface area contributed by atoms with Crippen molar-refractivity contribution in [2.45, 2.75) is 58.6 Å². The second kappa shape index (κ2) is 9.93. The van der Waals surface area contributed by atoms with E-state index < -0.39 is 5.97 Å². The summed E-state index contributed by atoms with van der Waals surface area (Å²) in [5.41, 5.74) is 3.93. The number of aryl methyl sites for hydroxylation is 3. The molecule has 0 aromatic carbocycles. The van der Waals surface area contributed by atoms with Crippen molar-refractivity contribution < 1.29 is 14.6 Å². The number of carbonyl (C=O) groups is 1. The van der Waals surface area contributed by atoms with Crippen LogP contribution in [0, 0.1) is 12.8 Å². The Hall–Kier alpha value is -3.56. The highest BCUT2D eigenvalue weighted by Gasteiger charge is 2.28. The van der Waals surface area contributed by atoms with Gasteiger partial charge in [-0.15, -0.1) is 5.10 Å². The summed E-state index contributed by atoms with van der Waals surface area (Å²) in [6.07, 6.45) is 5.41. The number of aromatic nitrogens is 6. The largest absolute Gasteiger partial charge is 0.489 e. The molecule has 10 heteroatoms. The Labute approximate surface area is 192 Å². The normalized spacial score (nSPS) is 18.2. The number of nitrogens with zero attached hydrogens (tertiary/aromatic N) is 6. The molecule has 2 atom stereocenters. The SMILES string of the molecule is CCc1ccnc(NCc2c(-c3ccc(O[C@H]4CCCC(C(=O)O)C4)c(C)n3)nnn2C)n1. The van der Waals surface area contributed by atoms with Gasteiger partial charge in [-0.05, 0) is 57.2 Å². The number of aliphatic carboxylic acids is 1. The lowest BCUT2D eigenvalue weighted by Gasteiger charge is -2.27. The number of ether oxygens (including phenoxy) is 1. The van der Waals surface area contributed by atoms with Crippen molar-refractivity contribution in [1.82, 2.24) is 29.9 Å². The first-order valence-corrected chi connectivity index (χ1v) is 11.3. The maximum Gasteiger partial charge on any atom is 0.306 e. The lowest BCUT2D eigenvalue weighted by molar-refractivity contribution is -0.143. The molecule has 174 valence electrons. The monoisotopic (exact) mass is 451 g/mol. The van der Waals surface area contributed by atoms with E-state index in [9.17, 15) is 9.90 Å². The highest BCUT2D eigenvalue weighted by molar-refractivity contribution is 5.70.